The number of phenolic OH excluding ortho intramolecular Hbond substituents is 2. The van der Waals surface area contributed by atoms with E-state index < -0.39 is 5.60 Å². The number of aromatic hydroxyl groups is 2. The topological polar surface area (TPSA) is 66.8 Å². The van der Waals surface area contributed by atoms with Crippen LogP contribution in [0.2, 0.25) is 0 Å². The maximum Gasteiger partial charge on any atom is 0.170 e. The Hall–Kier alpha value is -1.71. The normalized spacial score (nSPS) is 16.6. The zero-order chi connectivity index (χ0) is 14.2. The lowest BCUT2D eigenvalue weighted by molar-refractivity contribution is 0.0789. The Bertz CT molecular complexity index is 517. The molecule has 0 aromatic heterocycles. The first kappa shape index (κ1) is 13.7. The quantitative estimate of drug-likeness (QED) is 0.823. The maximum atomic E-state index is 12.1. The van der Waals surface area contributed by atoms with E-state index in [4.69, 9.17) is 4.74 Å². The standard InChI is InChI=1S/C15H20O4/c1-4-5-10(16)13-12(18)8-11(17)9-6-7-15(2,3)19-14(9)13/h8,17-18H,4-7H2,1-3H3. The van der Waals surface area contributed by atoms with Crippen LogP contribution in [-0.4, -0.2) is 21.6 Å². The zero-order valence-electron chi connectivity index (χ0n) is 11.6. The van der Waals surface area contributed by atoms with Gasteiger partial charge in [0.25, 0.3) is 0 Å². The summed E-state index contributed by atoms with van der Waals surface area (Å²) >= 11 is 0. The average molecular weight is 264 g/mol. The number of ether oxygens (including phenoxy) is 1. The molecule has 1 aromatic rings. The predicted molar refractivity (Wildman–Crippen MR) is 72.0 cm³/mol. The van der Waals surface area contributed by atoms with Crippen LogP contribution in [0.4, 0.5) is 0 Å². The van der Waals surface area contributed by atoms with Gasteiger partial charge in [-0.2, -0.15) is 0 Å². The largest absolute Gasteiger partial charge is 0.507 e. The second-order valence-corrected chi connectivity index (χ2v) is 5.63. The van der Waals surface area contributed by atoms with Crippen molar-refractivity contribution in [2.75, 3.05) is 0 Å². The summed E-state index contributed by atoms with van der Waals surface area (Å²) in [6.07, 6.45) is 2.46. The summed E-state index contributed by atoms with van der Waals surface area (Å²) in [6, 6.07) is 1.24. The molecule has 0 saturated heterocycles. The van der Waals surface area contributed by atoms with Gasteiger partial charge < -0.3 is 14.9 Å². The van der Waals surface area contributed by atoms with Gasteiger partial charge in [-0.3, -0.25) is 4.79 Å². The minimum atomic E-state index is -0.394. The highest BCUT2D eigenvalue weighted by Gasteiger charge is 2.33. The van der Waals surface area contributed by atoms with Gasteiger partial charge in [0.05, 0.1) is 0 Å². The molecule has 0 bridgehead atoms. The number of fused-ring (bicyclic) bond motifs is 1. The van der Waals surface area contributed by atoms with Crippen molar-refractivity contribution < 1.29 is 19.7 Å². The van der Waals surface area contributed by atoms with Gasteiger partial charge in [-0.05, 0) is 33.1 Å². The van der Waals surface area contributed by atoms with E-state index in [-0.39, 0.29) is 22.8 Å². The third-order valence-corrected chi connectivity index (χ3v) is 3.45. The average Bonchev–Trinajstić information content (AvgIpc) is 2.27. The zero-order valence-corrected chi connectivity index (χ0v) is 11.6. The summed E-state index contributed by atoms with van der Waals surface area (Å²) in [4.78, 5) is 12.1. The number of hydrogen-bond acceptors (Lipinski definition) is 4. The molecule has 0 fully saturated rings. The molecule has 19 heavy (non-hydrogen) atoms. The highest BCUT2D eigenvalue weighted by atomic mass is 16.5. The Kier molecular flexibility index (Phi) is 3.43. The first-order valence-electron chi connectivity index (χ1n) is 6.65. The third kappa shape index (κ3) is 2.53. The molecular weight excluding hydrogens is 244 g/mol. The SMILES string of the molecule is CCCC(=O)c1c(O)cc(O)c2c1OC(C)(C)CC2. The van der Waals surface area contributed by atoms with Crippen LogP contribution in [0.25, 0.3) is 0 Å². The second kappa shape index (κ2) is 4.76. The second-order valence-electron chi connectivity index (χ2n) is 5.63. The summed E-state index contributed by atoms with van der Waals surface area (Å²) < 4.78 is 5.84. The summed E-state index contributed by atoms with van der Waals surface area (Å²) in [5.74, 6) is 0.00426. The summed E-state index contributed by atoms with van der Waals surface area (Å²) in [5.41, 5.74) is 0.438. The van der Waals surface area contributed by atoms with Gasteiger partial charge in [0.2, 0.25) is 0 Å². The number of rotatable bonds is 3. The molecule has 104 valence electrons. The highest BCUT2D eigenvalue weighted by molar-refractivity contribution is 6.02. The molecule has 0 saturated carbocycles. The van der Waals surface area contributed by atoms with E-state index in [1.54, 1.807) is 0 Å². The van der Waals surface area contributed by atoms with Crippen molar-refractivity contribution in [1.29, 1.82) is 0 Å². The van der Waals surface area contributed by atoms with Crippen LogP contribution in [0.15, 0.2) is 6.07 Å². The summed E-state index contributed by atoms with van der Waals surface area (Å²) in [6.45, 7) is 5.78. The molecule has 1 aliphatic rings. The number of carbonyl (C=O) groups is 1. The molecule has 0 spiro atoms. The van der Waals surface area contributed by atoms with Crippen LogP contribution in [0.3, 0.4) is 0 Å². The van der Waals surface area contributed by atoms with Crippen LogP contribution in [0.5, 0.6) is 17.2 Å². The van der Waals surface area contributed by atoms with E-state index in [1.807, 2.05) is 20.8 Å². The molecule has 0 radical (unpaired) electrons. The van der Waals surface area contributed by atoms with Crippen molar-refractivity contribution >= 4 is 5.78 Å². The highest BCUT2D eigenvalue weighted by Crippen LogP contribution is 2.44. The van der Waals surface area contributed by atoms with Crippen LogP contribution >= 0.6 is 0 Å². The number of ketones is 1. The molecular formula is C15H20O4. The fourth-order valence-electron chi connectivity index (χ4n) is 2.40. The Balaban J connectivity index is 2.57. The summed E-state index contributed by atoms with van der Waals surface area (Å²) in [7, 11) is 0. The van der Waals surface area contributed by atoms with Gasteiger partial charge in [-0.1, -0.05) is 6.92 Å². The van der Waals surface area contributed by atoms with E-state index in [0.717, 1.165) is 6.42 Å². The van der Waals surface area contributed by atoms with Crippen LogP contribution in [0, 0.1) is 0 Å². The molecule has 0 amide bonds. The van der Waals surface area contributed by atoms with Crippen molar-refractivity contribution in [3.8, 4) is 17.2 Å². The smallest absolute Gasteiger partial charge is 0.170 e. The number of benzene rings is 1. The van der Waals surface area contributed by atoms with Crippen molar-refractivity contribution in [3.05, 3.63) is 17.2 Å². The third-order valence-electron chi connectivity index (χ3n) is 3.45. The van der Waals surface area contributed by atoms with Crippen LogP contribution in [-0.2, 0) is 6.42 Å². The molecule has 2 N–H and O–H groups in total. The van der Waals surface area contributed by atoms with Crippen molar-refractivity contribution in [3.63, 3.8) is 0 Å². The number of Topliss-reactive ketones (excluding diaryl/α,β-unsaturated/α-hetero) is 1. The van der Waals surface area contributed by atoms with Crippen LogP contribution in [0.1, 0.15) is 56.0 Å². The predicted octanol–water partition coefficient (Wildman–Crippen LogP) is 3.18. The molecule has 1 aliphatic heterocycles. The minimum Gasteiger partial charge on any atom is -0.507 e. The van der Waals surface area contributed by atoms with Crippen LogP contribution < -0.4 is 4.74 Å². The lowest BCUT2D eigenvalue weighted by atomic mass is 9.90. The van der Waals surface area contributed by atoms with Crippen molar-refractivity contribution in [1.82, 2.24) is 0 Å². The van der Waals surface area contributed by atoms with Gasteiger partial charge in [0.15, 0.2) is 5.78 Å². The first-order valence-corrected chi connectivity index (χ1v) is 6.65. The van der Waals surface area contributed by atoms with E-state index in [2.05, 4.69) is 0 Å². The Morgan fingerprint density at radius 2 is 2.05 bits per heavy atom. The Labute approximate surface area is 113 Å². The lowest BCUT2D eigenvalue weighted by Crippen LogP contribution is -2.33. The number of phenols is 2. The number of hydrogen-bond donors (Lipinski definition) is 2. The van der Waals surface area contributed by atoms with E-state index in [0.29, 0.717) is 30.6 Å². The van der Waals surface area contributed by atoms with Gasteiger partial charge in [-0.25, -0.2) is 0 Å². The minimum absolute atomic E-state index is 0.00366. The van der Waals surface area contributed by atoms with Gasteiger partial charge in [0, 0.05) is 18.1 Å². The monoisotopic (exact) mass is 264 g/mol. The van der Waals surface area contributed by atoms with E-state index >= 15 is 0 Å². The molecule has 0 unspecified atom stereocenters. The van der Waals surface area contributed by atoms with Gasteiger partial charge in [0.1, 0.15) is 28.4 Å². The van der Waals surface area contributed by atoms with Gasteiger partial charge in [-0.15, -0.1) is 0 Å². The summed E-state index contributed by atoms with van der Waals surface area (Å²) in [5, 5.41) is 19.8. The maximum absolute atomic E-state index is 12.1. The van der Waals surface area contributed by atoms with Crippen molar-refractivity contribution in [2.45, 2.75) is 52.1 Å². The number of carbonyl (C=O) groups excluding carboxylic acids is 1. The Morgan fingerprint density at radius 3 is 2.68 bits per heavy atom. The molecule has 0 aliphatic carbocycles. The molecule has 4 heteroatoms. The van der Waals surface area contributed by atoms with E-state index in [1.165, 1.54) is 6.07 Å². The fourth-order valence-corrected chi connectivity index (χ4v) is 2.40. The van der Waals surface area contributed by atoms with Gasteiger partial charge >= 0.3 is 0 Å². The van der Waals surface area contributed by atoms with E-state index in [9.17, 15) is 15.0 Å². The Morgan fingerprint density at radius 1 is 1.37 bits per heavy atom. The lowest BCUT2D eigenvalue weighted by Gasteiger charge is -2.34. The molecule has 2 rings (SSSR count). The molecule has 1 heterocycles. The first-order chi connectivity index (χ1) is 8.85. The molecule has 1 aromatic carbocycles. The molecule has 4 nitrogen and oxygen atoms in total. The molecule has 0 atom stereocenters. The van der Waals surface area contributed by atoms with Crippen molar-refractivity contribution in [2.24, 2.45) is 0 Å². The fraction of sp³-hybridized carbons (Fsp3) is 0.533.